The zero-order chi connectivity index (χ0) is 13.1. The molecule has 2 atom stereocenters. The monoisotopic (exact) mass is 248 g/mol. The van der Waals surface area contributed by atoms with Gasteiger partial charge >= 0.3 is 0 Å². The highest BCUT2D eigenvalue weighted by molar-refractivity contribution is 5.40. The third-order valence-electron chi connectivity index (χ3n) is 3.99. The number of nitrogens with zero attached hydrogens (tertiary/aromatic N) is 3. The average Bonchev–Trinajstić information content (AvgIpc) is 2.41. The Morgan fingerprint density at radius 2 is 2.17 bits per heavy atom. The molecule has 100 valence electrons. The minimum Gasteiger partial charge on any atom is -0.354 e. The molecule has 0 radical (unpaired) electrons. The Morgan fingerprint density at radius 1 is 1.39 bits per heavy atom. The molecule has 18 heavy (non-hydrogen) atoms. The van der Waals surface area contributed by atoms with Gasteiger partial charge in [0.2, 0.25) is 0 Å². The Balaban J connectivity index is 2.06. The predicted molar refractivity (Wildman–Crippen MR) is 76.0 cm³/mol. The Labute approximate surface area is 110 Å². The van der Waals surface area contributed by atoms with Crippen molar-refractivity contribution in [1.82, 2.24) is 15.2 Å². The van der Waals surface area contributed by atoms with Crippen LogP contribution in [0.2, 0.25) is 0 Å². The molecule has 0 spiro atoms. The first-order valence-electron chi connectivity index (χ1n) is 6.70. The number of anilines is 1. The number of rotatable bonds is 3. The molecule has 2 unspecified atom stereocenters. The van der Waals surface area contributed by atoms with Crippen molar-refractivity contribution in [3.05, 3.63) is 23.9 Å². The van der Waals surface area contributed by atoms with Gasteiger partial charge in [0.25, 0.3) is 0 Å². The Morgan fingerprint density at radius 3 is 2.72 bits per heavy atom. The van der Waals surface area contributed by atoms with E-state index in [1.165, 1.54) is 5.56 Å². The van der Waals surface area contributed by atoms with Crippen LogP contribution in [0.1, 0.15) is 25.5 Å². The maximum absolute atomic E-state index is 4.60. The summed E-state index contributed by atoms with van der Waals surface area (Å²) in [5.74, 6) is 1.10. The van der Waals surface area contributed by atoms with E-state index in [0.29, 0.717) is 12.1 Å². The van der Waals surface area contributed by atoms with Crippen LogP contribution in [-0.2, 0) is 0 Å². The summed E-state index contributed by atoms with van der Waals surface area (Å²) in [4.78, 5) is 9.37. The number of piperazine rings is 1. The predicted octanol–water partition coefficient (Wildman–Crippen LogP) is 1.50. The summed E-state index contributed by atoms with van der Waals surface area (Å²) in [5, 5.41) is 3.23. The molecule has 4 heteroatoms. The molecule has 0 aromatic carbocycles. The van der Waals surface area contributed by atoms with Crippen LogP contribution >= 0.6 is 0 Å². The molecule has 1 aliphatic heterocycles. The van der Waals surface area contributed by atoms with E-state index in [-0.39, 0.29) is 0 Å². The van der Waals surface area contributed by atoms with Crippen LogP contribution in [0.5, 0.6) is 0 Å². The molecule has 1 saturated heterocycles. The van der Waals surface area contributed by atoms with Crippen molar-refractivity contribution in [2.45, 2.75) is 25.9 Å². The molecular weight excluding hydrogens is 224 g/mol. The van der Waals surface area contributed by atoms with Gasteiger partial charge in [-0.2, -0.15) is 0 Å². The molecule has 1 aliphatic rings. The lowest BCUT2D eigenvalue weighted by molar-refractivity contribution is 0.233. The zero-order valence-corrected chi connectivity index (χ0v) is 11.8. The Kier molecular flexibility index (Phi) is 4.19. The van der Waals surface area contributed by atoms with Gasteiger partial charge in [-0.25, -0.2) is 4.98 Å². The summed E-state index contributed by atoms with van der Waals surface area (Å²) in [6.45, 7) is 7.65. The maximum Gasteiger partial charge on any atom is 0.128 e. The first-order valence-corrected chi connectivity index (χ1v) is 6.70. The van der Waals surface area contributed by atoms with Crippen LogP contribution in [0.4, 0.5) is 5.82 Å². The van der Waals surface area contributed by atoms with Crippen molar-refractivity contribution < 1.29 is 0 Å². The van der Waals surface area contributed by atoms with Crippen molar-refractivity contribution in [3.8, 4) is 0 Å². The lowest BCUT2D eigenvalue weighted by Gasteiger charge is -2.38. The second-order valence-electron chi connectivity index (χ2n) is 5.24. The van der Waals surface area contributed by atoms with E-state index in [4.69, 9.17) is 0 Å². The largest absolute Gasteiger partial charge is 0.354 e. The summed E-state index contributed by atoms with van der Waals surface area (Å²) in [7, 11) is 4.16. The highest BCUT2D eigenvalue weighted by atomic mass is 15.3. The molecule has 1 aromatic rings. The molecule has 1 N–H and O–H groups in total. The van der Waals surface area contributed by atoms with Gasteiger partial charge in [-0.1, -0.05) is 6.07 Å². The fraction of sp³-hybridized carbons (Fsp3) is 0.643. The summed E-state index contributed by atoms with van der Waals surface area (Å²) in [6.07, 6.45) is 1.99. The summed E-state index contributed by atoms with van der Waals surface area (Å²) in [5.41, 5.74) is 1.24. The Bertz CT molecular complexity index is 376. The minimum absolute atomic E-state index is 0.359. The molecule has 1 aromatic heterocycles. The molecular formula is C14H24N4. The molecule has 0 aliphatic carbocycles. The second-order valence-corrected chi connectivity index (χ2v) is 5.24. The van der Waals surface area contributed by atoms with E-state index in [2.05, 4.69) is 53.1 Å². The van der Waals surface area contributed by atoms with Gasteiger partial charge in [0, 0.05) is 37.9 Å². The van der Waals surface area contributed by atoms with Crippen molar-refractivity contribution in [3.63, 3.8) is 0 Å². The molecule has 0 saturated carbocycles. The number of hydrogen-bond donors (Lipinski definition) is 1. The number of likely N-dealkylation sites (N-methyl/N-ethyl adjacent to an activating group) is 1. The van der Waals surface area contributed by atoms with Crippen molar-refractivity contribution in [1.29, 1.82) is 0 Å². The molecule has 2 rings (SSSR count). The second kappa shape index (κ2) is 5.67. The van der Waals surface area contributed by atoms with Gasteiger partial charge in [0.05, 0.1) is 0 Å². The van der Waals surface area contributed by atoms with Crippen LogP contribution in [0.3, 0.4) is 0 Å². The number of aromatic nitrogens is 1. The lowest BCUT2D eigenvalue weighted by Crippen LogP contribution is -2.50. The molecule has 2 heterocycles. The molecule has 0 amide bonds. The van der Waals surface area contributed by atoms with Crippen LogP contribution in [-0.4, -0.2) is 49.7 Å². The lowest BCUT2D eigenvalue weighted by atomic mass is 10.1. The van der Waals surface area contributed by atoms with Gasteiger partial charge in [0.15, 0.2) is 0 Å². The molecule has 4 nitrogen and oxygen atoms in total. The minimum atomic E-state index is 0.359. The fourth-order valence-corrected chi connectivity index (χ4v) is 2.26. The average molecular weight is 248 g/mol. The highest BCUT2D eigenvalue weighted by Gasteiger charge is 2.21. The van der Waals surface area contributed by atoms with Gasteiger partial charge in [0.1, 0.15) is 5.82 Å². The number of hydrogen-bond acceptors (Lipinski definition) is 4. The third-order valence-corrected chi connectivity index (χ3v) is 3.99. The van der Waals surface area contributed by atoms with Gasteiger partial charge < -0.3 is 15.1 Å². The van der Waals surface area contributed by atoms with Gasteiger partial charge in [-0.15, -0.1) is 0 Å². The van der Waals surface area contributed by atoms with Crippen LogP contribution in [0.15, 0.2) is 18.3 Å². The van der Waals surface area contributed by atoms with Gasteiger partial charge in [-0.3, -0.25) is 0 Å². The van der Waals surface area contributed by atoms with Crippen LogP contribution in [0, 0.1) is 0 Å². The highest BCUT2D eigenvalue weighted by Crippen LogP contribution is 2.18. The topological polar surface area (TPSA) is 31.4 Å². The fourth-order valence-electron chi connectivity index (χ4n) is 2.26. The van der Waals surface area contributed by atoms with E-state index in [1.807, 2.05) is 13.2 Å². The van der Waals surface area contributed by atoms with Crippen molar-refractivity contribution in [2.24, 2.45) is 0 Å². The standard InChI is InChI=1S/C14H24N4/c1-11-10-18(8-7-17(11)4)14-6-5-13(9-16-14)12(2)15-3/h5-6,9,11-12,15H,7-8,10H2,1-4H3. The smallest absolute Gasteiger partial charge is 0.128 e. The first-order chi connectivity index (χ1) is 8.61. The van der Waals surface area contributed by atoms with E-state index < -0.39 is 0 Å². The molecule has 0 bridgehead atoms. The first kappa shape index (κ1) is 13.3. The summed E-state index contributed by atoms with van der Waals surface area (Å²) >= 11 is 0. The Hall–Kier alpha value is -1.13. The van der Waals surface area contributed by atoms with Crippen molar-refractivity contribution in [2.75, 3.05) is 38.6 Å². The quantitative estimate of drug-likeness (QED) is 0.878. The van der Waals surface area contributed by atoms with Crippen molar-refractivity contribution >= 4 is 5.82 Å². The summed E-state index contributed by atoms with van der Waals surface area (Å²) in [6, 6.07) is 5.27. The van der Waals surface area contributed by atoms with E-state index >= 15 is 0 Å². The van der Waals surface area contributed by atoms with E-state index in [1.54, 1.807) is 0 Å². The summed E-state index contributed by atoms with van der Waals surface area (Å²) < 4.78 is 0. The zero-order valence-electron chi connectivity index (χ0n) is 11.8. The van der Waals surface area contributed by atoms with E-state index in [9.17, 15) is 0 Å². The number of pyridine rings is 1. The van der Waals surface area contributed by atoms with E-state index in [0.717, 1.165) is 25.5 Å². The molecule has 1 fully saturated rings. The van der Waals surface area contributed by atoms with Gasteiger partial charge in [-0.05, 0) is 39.6 Å². The van der Waals surface area contributed by atoms with Crippen LogP contribution < -0.4 is 10.2 Å². The SMILES string of the molecule is CNC(C)c1ccc(N2CCN(C)C(C)C2)nc1. The number of nitrogens with one attached hydrogen (secondary N) is 1. The van der Waals surface area contributed by atoms with Crippen LogP contribution in [0.25, 0.3) is 0 Å². The third kappa shape index (κ3) is 2.82. The normalized spacial score (nSPS) is 23.1. The maximum atomic E-state index is 4.60.